The molecule has 0 aliphatic rings. The Balaban J connectivity index is 2.59. The van der Waals surface area contributed by atoms with E-state index in [4.69, 9.17) is 0 Å². The fourth-order valence-corrected chi connectivity index (χ4v) is 1.75. The SMILES string of the molecule is Cc1ccccc1-c1cnn(C)c1CO. The van der Waals surface area contributed by atoms with Gasteiger partial charge in [-0.05, 0) is 18.1 Å². The maximum absolute atomic E-state index is 9.28. The molecule has 0 radical (unpaired) electrons. The van der Waals surface area contributed by atoms with Gasteiger partial charge in [-0.2, -0.15) is 5.10 Å². The van der Waals surface area contributed by atoms with Gasteiger partial charge < -0.3 is 5.11 Å². The van der Waals surface area contributed by atoms with Gasteiger partial charge in [0.1, 0.15) is 0 Å². The van der Waals surface area contributed by atoms with Crippen LogP contribution in [-0.4, -0.2) is 14.9 Å². The number of hydrogen-bond acceptors (Lipinski definition) is 2. The molecule has 0 bridgehead atoms. The largest absolute Gasteiger partial charge is 0.390 e. The number of aryl methyl sites for hydroxylation is 2. The zero-order valence-electron chi connectivity index (χ0n) is 8.94. The molecule has 0 unspecified atom stereocenters. The lowest BCUT2D eigenvalue weighted by atomic mass is 10.0. The van der Waals surface area contributed by atoms with Gasteiger partial charge in [-0.3, -0.25) is 4.68 Å². The first-order valence-electron chi connectivity index (χ1n) is 4.91. The first-order chi connectivity index (χ1) is 7.24. The zero-order chi connectivity index (χ0) is 10.8. The van der Waals surface area contributed by atoms with E-state index in [1.807, 2.05) is 25.2 Å². The number of benzene rings is 1. The van der Waals surface area contributed by atoms with Crippen molar-refractivity contribution in [2.45, 2.75) is 13.5 Å². The van der Waals surface area contributed by atoms with Crippen molar-refractivity contribution < 1.29 is 5.11 Å². The number of aliphatic hydroxyl groups excluding tert-OH is 1. The minimum absolute atomic E-state index is 0.0141. The van der Waals surface area contributed by atoms with Crippen molar-refractivity contribution in [3.8, 4) is 11.1 Å². The second kappa shape index (κ2) is 3.87. The van der Waals surface area contributed by atoms with E-state index in [0.29, 0.717) is 0 Å². The molecule has 2 rings (SSSR count). The molecule has 0 aliphatic heterocycles. The number of aliphatic hydroxyl groups is 1. The van der Waals surface area contributed by atoms with Gasteiger partial charge in [-0.15, -0.1) is 0 Å². The Morgan fingerprint density at radius 3 is 2.67 bits per heavy atom. The minimum atomic E-state index is 0.0141. The zero-order valence-corrected chi connectivity index (χ0v) is 8.94. The summed E-state index contributed by atoms with van der Waals surface area (Å²) in [7, 11) is 1.84. The van der Waals surface area contributed by atoms with E-state index in [1.165, 1.54) is 5.56 Å². The summed E-state index contributed by atoms with van der Waals surface area (Å²) in [4.78, 5) is 0. The van der Waals surface area contributed by atoms with Crippen LogP contribution in [0, 0.1) is 6.92 Å². The van der Waals surface area contributed by atoms with Gasteiger partial charge in [0.05, 0.1) is 18.5 Å². The smallest absolute Gasteiger partial charge is 0.0856 e. The normalized spacial score (nSPS) is 10.6. The lowest BCUT2D eigenvalue weighted by molar-refractivity contribution is 0.271. The summed E-state index contributed by atoms with van der Waals surface area (Å²) in [5, 5.41) is 13.4. The highest BCUT2D eigenvalue weighted by Gasteiger charge is 2.10. The van der Waals surface area contributed by atoms with Gasteiger partial charge in [0.15, 0.2) is 0 Å². The summed E-state index contributed by atoms with van der Waals surface area (Å²) in [5.74, 6) is 0. The average molecular weight is 202 g/mol. The minimum Gasteiger partial charge on any atom is -0.390 e. The third-order valence-corrected chi connectivity index (χ3v) is 2.65. The van der Waals surface area contributed by atoms with Crippen molar-refractivity contribution in [1.82, 2.24) is 9.78 Å². The van der Waals surface area contributed by atoms with E-state index in [0.717, 1.165) is 16.8 Å². The summed E-state index contributed by atoms with van der Waals surface area (Å²) in [5.41, 5.74) is 4.19. The maximum atomic E-state index is 9.28. The predicted octanol–water partition coefficient (Wildman–Crippen LogP) is 1.89. The van der Waals surface area contributed by atoms with Gasteiger partial charge in [-0.25, -0.2) is 0 Å². The van der Waals surface area contributed by atoms with Crippen molar-refractivity contribution >= 4 is 0 Å². The molecule has 0 spiro atoms. The summed E-state index contributed by atoms with van der Waals surface area (Å²) in [6.45, 7) is 2.07. The molecular formula is C12H14N2O. The monoisotopic (exact) mass is 202 g/mol. The van der Waals surface area contributed by atoms with Gasteiger partial charge in [0.25, 0.3) is 0 Å². The quantitative estimate of drug-likeness (QED) is 0.807. The molecule has 78 valence electrons. The summed E-state index contributed by atoms with van der Waals surface area (Å²) >= 11 is 0. The first-order valence-corrected chi connectivity index (χ1v) is 4.91. The van der Waals surface area contributed by atoms with E-state index in [2.05, 4.69) is 18.1 Å². The van der Waals surface area contributed by atoms with E-state index < -0.39 is 0 Å². The lowest BCUT2D eigenvalue weighted by Crippen LogP contribution is -1.98. The molecule has 3 heteroatoms. The van der Waals surface area contributed by atoms with Crippen LogP contribution in [0.25, 0.3) is 11.1 Å². The fourth-order valence-electron chi connectivity index (χ4n) is 1.75. The molecule has 0 atom stereocenters. The Hall–Kier alpha value is -1.61. The highest BCUT2D eigenvalue weighted by molar-refractivity contribution is 5.68. The lowest BCUT2D eigenvalue weighted by Gasteiger charge is -2.05. The van der Waals surface area contributed by atoms with Gasteiger partial charge >= 0.3 is 0 Å². The average Bonchev–Trinajstić information content (AvgIpc) is 2.60. The fraction of sp³-hybridized carbons (Fsp3) is 0.250. The summed E-state index contributed by atoms with van der Waals surface area (Å²) in [6.07, 6.45) is 1.80. The van der Waals surface area contributed by atoms with Crippen LogP contribution in [0.5, 0.6) is 0 Å². The molecule has 0 aliphatic carbocycles. The van der Waals surface area contributed by atoms with E-state index in [1.54, 1.807) is 10.9 Å². The van der Waals surface area contributed by atoms with Crippen molar-refractivity contribution in [1.29, 1.82) is 0 Å². The highest BCUT2D eigenvalue weighted by atomic mass is 16.3. The summed E-state index contributed by atoms with van der Waals surface area (Å²) in [6, 6.07) is 8.11. The number of aromatic nitrogens is 2. The van der Waals surface area contributed by atoms with Crippen LogP contribution in [0.2, 0.25) is 0 Å². The molecule has 1 aromatic carbocycles. The van der Waals surface area contributed by atoms with Crippen LogP contribution in [0.1, 0.15) is 11.3 Å². The van der Waals surface area contributed by atoms with Gasteiger partial charge in [-0.1, -0.05) is 24.3 Å². The molecule has 0 saturated heterocycles. The molecule has 15 heavy (non-hydrogen) atoms. The molecule has 1 aromatic heterocycles. The molecule has 0 saturated carbocycles. The van der Waals surface area contributed by atoms with Crippen molar-refractivity contribution in [2.75, 3.05) is 0 Å². The topological polar surface area (TPSA) is 38.0 Å². The molecule has 1 N–H and O–H groups in total. The molecule has 2 aromatic rings. The van der Waals surface area contributed by atoms with Crippen LogP contribution in [0.3, 0.4) is 0 Å². The Labute approximate surface area is 89.0 Å². The molecular weight excluding hydrogens is 188 g/mol. The third kappa shape index (κ3) is 1.66. The van der Waals surface area contributed by atoms with Gasteiger partial charge in [0.2, 0.25) is 0 Å². The Morgan fingerprint density at radius 2 is 2.00 bits per heavy atom. The third-order valence-electron chi connectivity index (χ3n) is 2.65. The van der Waals surface area contributed by atoms with Crippen LogP contribution in [0.15, 0.2) is 30.5 Å². The first kappa shape index (κ1) is 9.93. The number of hydrogen-bond donors (Lipinski definition) is 1. The van der Waals surface area contributed by atoms with E-state index >= 15 is 0 Å². The number of rotatable bonds is 2. The molecule has 0 amide bonds. The molecule has 0 fully saturated rings. The van der Waals surface area contributed by atoms with Crippen LogP contribution < -0.4 is 0 Å². The van der Waals surface area contributed by atoms with E-state index in [9.17, 15) is 5.11 Å². The summed E-state index contributed by atoms with van der Waals surface area (Å²) < 4.78 is 1.71. The Kier molecular flexibility index (Phi) is 2.56. The van der Waals surface area contributed by atoms with Gasteiger partial charge in [0, 0.05) is 12.6 Å². The van der Waals surface area contributed by atoms with Crippen LogP contribution in [0.4, 0.5) is 0 Å². The van der Waals surface area contributed by atoms with Crippen LogP contribution in [-0.2, 0) is 13.7 Å². The Bertz CT molecular complexity index is 474. The second-order valence-electron chi connectivity index (χ2n) is 3.60. The standard InChI is InChI=1S/C12H14N2O/c1-9-5-3-4-6-10(9)11-7-13-14(2)12(11)8-15/h3-7,15H,8H2,1-2H3. The van der Waals surface area contributed by atoms with Crippen molar-refractivity contribution in [3.05, 3.63) is 41.7 Å². The van der Waals surface area contributed by atoms with Crippen LogP contribution >= 0.6 is 0 Å². The highest BCUT2D eigenvalue weighted by Crippen LogP contribution is 2.26. The van der Waals surface area contributed by atoms with Crippen molar-refractivity contribution in [3.63, 3.8) is 0 Å². The predicted molar refractivity (Wildman–Crippen MR) is 59.3 cm³/mol. The molecule has 1 heterocycles. The van der Waals surface area contributed by atoms with Crippen molar-refractivity contribution in [2.24, 2.45) is 7.05 Å². The maximum Gasteiger partial charge on any atom is 0.0856 e. The molecule has 3 nitrogen and oxygen atoms in total. The van der Waals surface area contributed by atoms with E-state index in [-0.39, 0.29) is 6.61 Å². The second-order valence-corrected chi connectivity index (χ2v) is 3.60. The Morgan fingerprint density at radius 1 is 1.27 bits per heavy atom. The number of nitrogens with zero attached hydrogens (tertiary/aromatic N) is 2.